The highest BCUT2D eigenvalue weighted by Crippen LogP contribution is 2.22. The van der Waals surface area contributed by atoms with Gasteiger partial charge in [0.05, 0.1) is 10.0 Å². The molecular weight excluding hydrogens is 237 g/mol. The third kappa shape index (κ3) is 3.65. The van der Waals surface area contributed by atoms with Crippen LogP contribution >= 0.6 is 23.2 Å². The van der Waals surface area contributed by atoms with Crippen molar-refractivity contribution >= 4 is 40.8 Å². The monoisotopic (exact) mass is 247 g/mol. The predicted octanol–water partition coefficient (Wildman–Crippen LogP) is -2.63. The van der Waals surface area contributed by atoms with Crippen molar-refractivity contribution in [1.82, 2.24) is 0 Å². The first-order chi connectivity index (χ1) is 6.99. The van der Waals surface area contributed by atoms with Gasteiger partial charge in [-0.2, -0.15) is 4.99 Å². The highest BCUT2D eigenvalue weighted by Gasteiger charge is 2.02. The summed E-state index contributed by atoms with van der Waals surface area (Å²) in [5.41, 5.74) is 16.6. The summed E-state index contributed by atoms with van der Waals surface area (Å²) in [5, 5.41) is 0.901. The molecule has 0 bridgehead atoms. The molecule has 0 saturated carbocycles. The maximum absolute atomic E-state index is 5.81. The maximum Gasteiger partial charge on any atom is 0.390 e. The van der Waals surface area contributed by atoms with Crippen molar-refractivity contribution in [3.05, 3.63) is 28.2 Å². The molecule has 0 aromatic heterocycles. The van der Waals surface area contributed by atoms with Gasteiger partial charge in [-0.3, -0.25) is 17.2 Å². The standard InChI is InChI=1S/C8H9Cl2N5/c9-5-2-1-4(3-6(5)10)14-8(13)15-7(11)12/h1-3H,(H6,11,12,13,14,15)/p+2. The zero-order valence-electron chi connectivity index (χ0n) is 7.72. The molecule has 5 nitrogen and oxygen atoms in total. The van der Waals surface area contributed by atoms with Crippen LogP contribution in [-0.2, 0) is 0 Å². The Kier molecular flexibility index (Phi) is 3.76. The van der Waals surface area contributed by atoms with Gasteiger partial charge in [0.15, 0.2) is 0 Å². The quantitative estimate of drug-likeness (QED) is 0.277. The first-order valence-corrected chi connectivity index (χ1v) is 4.74. The van der Waals surface area contributed by atoms with E-state index >= 15 is 0 Å². The molecule has 8 N–H and O–H groups in total. The summed E-state index contributed by atoms with van der Waals surface area (Å²) in [6.45, 7) is 0. The average molecular weight is 248 g/mol. The fourth-order valence-corrected chi connectivity index (χ4v) is 1.21. The van der Waals surface area contributed by atoms with E-state index in [2.05, 4.69) is 9.98 Å². The van der Waals surface area contributed by atoms with E-state index in [9.17, 15) is 0 Å². The molecular formula is C8H11Cl2N5+2. The molecule has 7 heteroatoms. The van der Waals surface area contributed by atoms with Crippen LogP contribution < -0.4 is 27.2 Å². The second-order valence-electron chi connectivity index (χ2n) is 2.75. The predicted molar refractivity (Wildman–Crippen MR) is 60.6 cm³/mol. The van der Waals surface area contributed by atoms with Crippen LogP contribution in [0.1, 0.15) is 0 Å². The van der Waals surface area contributed by atoms with E-state index in [-0.39, 0.29) is 11.9 Å². The summed E-state index contributed by atoms with van der Waals surface area (Å²) < 4.78 is 0. The molecule has 0 atom stereocenters. The van der Waals surface area contributed by atoms with Gasteiger partial charge >= 0.3 is 11.9 Å². The fraction of sp³-hybridized carbons (Fsp3) is 0. The Morgan fingerprint density at radius 2 is 1.73 bits per heavy atom. The third-order valence-corrected chi connectivity index (χ3v) is 2.22. The lowest BCUT2D eigenvalue weighted by Gasteiger charge is -1.95. The van der Waals surface area contributed by atoms with Crippen molar-refractivity contribution in [2.75, 3.05) is 0 Å². The summed E-state index contributed by atoms with van der Waals surface area (Å²) in [4.78, 5) is 5.31. The van der Waals surface area contributed by atoms with Crippen LogP contribution in [0.25, 0.3) is 0 Å². The summed E-state index contributed by atoms with van der Waals surface area (Å²) in [7, 11) is 0. The molecule has 0 unspecified atom stereocenters. The minimum absolute atomic E-state index is 0.0000560. The normalized spacial score (nSPS) is 11.2. The number of nitrogens with two attached hydrogens (primary N) is 3. The lowest BCUT2D eigenvalue weighted by atomic mass is 10.3. The van der Waals surface area contributed by atoms with Gasteiger partial charge in [0.1, 0.15) is 5.69 Å². The molecule has 80 valence electrons. The van der Waals surface area contributed by atoms with Gasteiger partial charge in [0, 0.05) is 6.07 Å². The van der Waals surface area contributed by atoms with E-state index in [1.54, 1.807) is 18.2 Å². The Balaban J connectivity index is 2.99. The smallest absolute Gasteiger partial charge is 0.275 e. The number of halogens is 2. The molecule has 0 amide bonds. The number of guanidine groups is 2. The lowest BCUT2D eigenvalue weighted by molar-refractivity contribution is -0.459. The number of hydrogen-bond donors (Lipinski definition) is 5. The number of hydrogen-bond acceptors (Lipinski definition) is 0. The molecule has 0 radical (unpaired) electrons. The van der Waals surface area contributed by atoms with E-state index in [1.165, 1.54) is 0 Å². The highest BCUT2D eigenvalue weighted by molar-refractivity contribution is 6.42. The second kappa shape index (κ2) is 4.86. The van der Waals surface area contributed by atoms with Crippen molar-refractivity contribution < 1.29 is 9.98 Å². The molecule has 1 aromatic rings. The van der Waals surface area contributed by atoms with Gasteiger partial charge in [0.25, 0.3) is 0 Å². The Hall–Kier alpha value is -1.46. The van der Waals surface area contributed by atoms with Crippen molar-refractivity contribution in [2.45, 2.75) is 0 Å². The summed E-state index contributed by atoms with van der Waals surface area (Å²) in [5.74, 6) is 0.202. The minimum Gasteiger partial charge on any atom is -0.275 e. The Morgan fingerprint density at radius 1 is 1.07 bits per heavy atom. The number of benzene rings is 1. The second-order valence-corrected chi connectivity index (χ2v) is 3.56. The van der Waals surface area contributed by atoms with E-state index in [1.807, 2.05) is 0 Å². The molecule has 0 fully saturated rings. The summed E-state index contributed by atoms with van der Waals surface area (Å²) in [6.07, 6.45) is 0. The summed E-state index contributed by atoms with van der Waals surface area (Å²) in [6, 6.07) is 5.00. The highest BCUT2D eigenvalue weighted by atomic mass is 35.5. The van der Waals surface area contributed by atoms with Crippen molar-refractivity contribution in [3.63, 3.8) is 0 Å². The van der Waals surface area contributed by atoms with Crippen LogP contribution in [0.5, 0.6) is 0 Å². The average Bonchev–Trinajstić information content (AvgIpc) is 2.10. The summed E-state index contributed by atoms with van der Waals surface area (Å²) >= 11 is 11.6. The first kappa shape index (κ1) is 11.6. The molecule has 0 aliphatic carbocycles. The molecule has 0 aliphatic heterocycles. The molecule has 1 aromatic carbocycles. The van der Waals surface area contributed by atoms with Crippen LogP contribution in [-0.4, -0.2) is 11.9 Å². The molecule has 0 heterocycles. The maximum atomic E-state index is 5.81. The van der Waals surface area contributed by atoms with Crippen LogP contribution in [0.3, 0.4) is 0 Å². The number of rotatable bonds is 1. The van der Waals surface area contributed by atoms with Gasteiger partial charge in [-0.15, -0.1) is 0 Å². The molecule has 0 saturated heterocycles. The Morgan fingerprint density at radius 3 is 2.27 bits per heavy atom. The largest absolute Gasteiger partial charge is 0.390 e. The zero-order valence-corrected chi connectivity index (χ0v) is 9.23. The van der Waals surface area contributed by atoms with Gasteiger partial charge in [0.2, 0.25) is 0 Å². The molecule has 0 aliphatic rings. The minimum atomic E-state index is 0.0000560. The van der Waals surface area contributed by atoms with Crippen molar-refractivity contribution in [3.8, 4) is 0 Å². The van der Waals surface area contributed by atoms with E-state index in [0.717, 1.165) is 0 Å². The third-order valence-electron chi connectivity index (χ3n) is 1.48. The Labute approximate surface area is 96.6 Å². The number of nitrogens with one attached hydrogen (secondary N) is 2. The molecule has 15 heavy (non-hydrogen) atoms. The van der Waals surface area contributed by atoms with Crippen LogP contribution in [0.4, 0.5) is 5.69 Å². The van der Waals surface area contributed by atoms with Crippen LogP contribution in [0.2, 0.25) is 10.0 Å². The van der Waals surface area contributed by atoms with Crippen molar-refractivity contribution in [1.29, 1.82) is 0 Å². The van der Waals surface area contributed by atoms with E-state index in [4.69, 9.17) is 40.4 Å². The SMILES string of the molecule is NC(N)=[NH+]C(N)=[NH+]c1ccc(Cl)c(Cl)c1. The van der Waals surface area contributed by atoms with Gasteiger partial charge in [-0.05, 0) is 12.1 Å². The first-order valence-electron chi connectivity index (χ1n) is 3.98. The van der Waals surface area contributed by atoms with Gasteiger partial charge < -0.3 is 0 Å². The van der Waals surface area contributed by atoms with Crippen LogP contribution in [0, 0.1) is 0 Å². The zero-order chi connectivity index (χ0) is 11.4. The van der Waals surface area contributed by atoms with Crippen LogP contribution in [0.15, 0.2) is 18.2 Å². The lowest BCUT2D eigenvalue weighted by Crippen LogP contribution is -2.96. The van der Waals surface area contributed by atoms with Gasteiger partial charge in [-0.1, -0.05) is 23.2 Å². The topological polar surface area (TPSA) is 106 Å². The molecule has 1 rings (SSSR count). The molecule has 0 spiro atoms. The van der Waals surface area contributed by atoms with Crippen molar-refractivity contribution in [2.24, 2.45) is 17.2 Å². The van der Waals surface area contributed by atoms with E-state index < -0.39 is 0 Å². The van der Waals surface area contributed by atoms with E-state index in [0.29, 0.717) is 15.7 Å². The van der Waals surface area contributed by atoms with Gasteiger partial charge in [-0.25, -0.2) is 4.99 Å². The Bertz CT molecular complexity index is 423. The fourth-order valence-electron chi connectivity index (χ4n) is 0.916.